The molecule has 25 heavy (non-hydrogen) atoms. The maximum atomic E-state index is 6.01. The van der Waals surface area contributed by atoms with Crippen molar-refractivity contribution in [1.82, 2.24) is 10.2 Å². The summed E-state index contributed by atoms with van der Waals surface area (Å²) in [6.07, 6.45) is 3.73. The molecule has 2 heterocycles. The van der Waals surface area contributed by atoms with Crippen LogP contribution in [-0.2, 0) is 0 Å². The summed E-state index contributed by atoms with van der Waals surface area (Å²) in [6, 6.07) is 20.3. The van der Waals surface area contributed by atoms with Crippen LogP contribution in [0.15, 0.2) is 60.7 Å². The van der Waals surface area contributed by atoms with Crippen LogP contribution in [0.3, 0.4) is 0 Å². The van der Waals surface area contributed by atoms with Crippen LogP contribution in [0.1, 0.15) is 19.3 Å². The first kappa shape index (κ1) is 16.1. The van der Waals surface area contributed by atoms with Crippen LogP contribution in [0, 0.1) is 0 Å². The minimum absolute atomic E-state index is 0.727. The molecule has 0 bridgehead atoms. The van der Waals surface area contributed by atoms with Gasteiger partial charge in [0, 0.05) is 29.2 Å². The standard InChI is InChI=1S/C21H20ClN3/c22-18-11-9-17(10-12-18)20-15-19(16-7-3-1-4-8-16)21(24-23-20)25-13-5-2-6-14-25/h1,3-4,7-12,15H,2,5-6,13-14H2. The molecule has 4 rings (SSSR count). The van der Waals surface area contributed by atoms with Crippen molar-refractivity contribution in [3.05, 3.63) is 65.7 Å². The van der Waals surface area contributed by atoms with Crippen molar-refractivity contribution in [2.45, 2.75) is 19.3 Å². The summed E-state index contributed by atoms with van der Waals surface area (Å²) in [5, 5.41) is 9.85. The predicted octanol–water partition coefficient (Wildman–Crippen LogP) is 5.45. The molecule has 0 spiro atoms. The second-order valence-corrected chi connectivity index (χ2v) is 6.82. The Morgan fingerprint density at radius 3 is 2.20 bits per heavy atom. The second-order valence-electron chi connectivity index (χ2n) is 6.39. The van der Waals surface area contributed by atoms with E-state index in [0.717, 1.165) is 40.8 Å². The molecule has 0 saturated carbocycles. The molecule has 3 aromatic rings. The van der Waals surface area contributed by atoms with Crippen LogP contribution < -0.4 is 4.90 Å². The Morgan fingerprint density at radius 1 is 0.760 bits per heavy atom. The molecule has 1 fully saturated rings. The number of anilines is 1. The third kappa shape index (κ3) is 3.52. The van der Waals surface area contributed by atoms with Crippen molar-refractivity contribution in [1.29, 1.82) is 0 Å². The number of piperidine rings is 1. The van der Waals surface area contributed by atoms with Gasteiger partial charge in [-0.05, 0) is 43.0 Å². The molecule has 4 heteroatoms. The quantitative estimate of drug-likeness (QED) is 0.629. The monoisotopic (exact) mass is 349 g/mol. The van der Waals surface area contributed by atoms with Gasteiger partial charge in [0.05, 0.1) is 5.69 Å². The predicted molar refractivity (Wildman–Crippen MR) is 104 cm³/mol. The summed E-state index contributed by atoms with van der Waals surface area (Å²) in [5.41, 5.74) is 4.21. The summed E-state index contributed by atoms with van der Waals surface area (Å²) in [5.74, 6) is 0.989. The van der Waals surface area contributed by atoms with E-state index in [9.17, 15) is 0 Å². The van der Waals surface area contributed by atoms with Gasteiger partial charge in [-0.25, -0.2) is 0 Å². The summed E-state index contributed by atoms with van der Waals surface area (Å²) >= 11 is 6.01. The second kappa shape index (κ2) is 7.24. The smallest absolute Gasteiger partial charge is 0.159 e. The lowest BCUT2D eigenvalue weighted by atomic mass is 10.0. The summed E-state index contributed by atoms with van der Waals surface area (Å²) in [4.78, 5) is 2.37. The molecule has 2 aromatic carbocycles. The van der Waals surface area contributed by atoms with E-state index in [4.69, 9.17) is 11.6 Å². The molecule has 0 amide bonds. The average Bonchev–Trinajstić information content (AvgIpc) is 2.69. The van der Waals surface area contributed by atoms with Crippen LogP contribution in [0.2, 0.25) is 5.02 Å². The van der Waals surface area contributed by atoms with E-state index in [0.29, 0.717) is 0 Å². The number of benzene rings is 2. The molecule has 126 valence electrons. The van der Waals surface area contributed by atoms with Gasteiger partial charge in [-0.2, -0.15) is 0 Å². The third-order valence-electron chi connectivity index (χ3n) is 4.65. The van der Waals surface area contributed by atoms with E-state index in [1.807, 2.05) is 30.3 Å². The Balaban J connectivity index is 1.80. The third-order valence-corrected chi connectivity index (χ3v) is 4.91. The van der Waals surface area contributed by atoms with Crippen LogP contribution in [-0.4, -0.2) is 23.3 Å². The summed E-state index contributed by atoms with van der Waals surface area (Å²) in [6.45, 7) is 2.10. The van der Waals surface area contributed by atoms with Crippen molar-refractivity contribution in [3.8, 4) is 22.4 Å². The molecule has 0 atom stereocenters. The van der Waals surface area contributed by atoms with Crippen molar-refractivity contribution < 1.29 is 0 Å². The molecule has 0 unspecified atom stereocenters. The zero-order chi connectivity index (χ0) is 17.1. The van der Waals surface area contributed by atoms with Crippen LogP contribution in [0.25, 0.3) is 22.4 Å². The van der Waals surface area contributed by atoms with Crippen LogP contribution in [0.5, 0.6) is 0 Å². The summed E-state index contributed by atoms with van der Waals surface area (Å²) < 4.78 is 0. The fourth-order valence-corrected chi connectivity index (χ4v) is 3.44. The molecular formula is C21H20ClN3. The van der Waals surface area contributed by atoms with Gasteiger partial charge in [-0.1, -0.05) is 54.1 Å². The normalized spacial score (nSPS) is 14.5. The van der Waals surface area contributed by atoms with Gasteiger partial charge in [-0.15, -0.1) is 10.2 Å². The van der Waals surface area contributed by atoms with Gasteiger partial charge in [0.25, 0.3) is 0 Å². The summed E-state index contributed by atoms with van der Waals surface area (Å²) in [7, 11) is 0. The molecule has 1 aliphatic rings. The highest BCUT2D eigenvalue weighted by molar-refractivity contribution is 6.30. The van der Waals surface area contributed by atoms with E-state index in [1.165, 1.54) is 24.8 Å². The number of rotatable bonds is 3. The zero-order valence-corrected chi connectivity index (χ0v) is 14.8. The molecule has 0 N–H and O–H groups in total. The number of nitrogens with zero attached hydrogens (tertiary/aromatic N) is 3. The zero-order valence-electron chi connectivity index (χ0n) is 14.0. The highest BCUT2D eigenvalue weighted by Crippen LogP contribution is 2.33. The van der Waals surface area contributed by atoms with E-state index < -0.39 is 0 Å². The fraction of sp³-hybridized carbons (Fsp3) is 0.238. The number of aromatic nitrogens is 2. The Hall–Kier alpha value is -2.39. The molecule has 1 saturated heterocycles. The highest BCUT2D eigenvalue weighted by Gasteiger charge is 2.18. The minimum atomic E-state index is 0.727. The van der Waals surface area contributed by atoms with Crippen LogP contribution >= 0.6 is 11.6 Å². The SMILES string of the molecule is Clc1ccc(-c2cc(-c3ccccc3)c(N3CCCCC3)nn2)cc1. The van der Waals surface area contributed by atoms with E-state index in [2.05, 4.69) is 45.4 Å². The lowest BCUT2D eigenvalue weighted by Gasteiger charge is -2.29. The first-order valence-electron chi connectivity index (χ1n) is 8.75. The molecule has 0 aliphatic carbocycles. The van der Waals surface area contributed by atoms with Crippen molar-refractivity contribution >= 4 is 17.4 Å². The Morgan fingerprint density at radius 2 is 1.48 bits per heavy atom. The maximum Gasteiger partial charge on any atom is 0.159 e. The first-order valence-corrected chi connectivity index (χ1v) is 9.13. The van der Waals surface area contributed by atoms with Gasteiger partial charge in [0.2, 0.25) is 0 Å². The lowest BCUT2D eigenvalue weighted by molar-refractivity contribution is 0.572. The first-order chi connectivity index (χ1) is 12.3. The Kier molecular flexibility index (Phi) is 4.66. The average molecular weight is 350 g/mol. The van der Waals surface area contributed by atoms with Crippen molar-refractivity contribution in [2.24, 2.45) is 0 Å². The minimum Gasteiger partial charge on any atom is -0.355 e. The molecular weight excluding hydrogens is 330 g/mol. The van der Waals surface area contributed by atoms with Crippen molar-refractivity contribution in [3.63, 3.8) is 0 Å². The molecule has 1 aromatic heterocycles. The van der Waals surface area contributed by atoms with Gasteiger partial charge in [0.15, 0.2) is 5.82 Å². The number of hydrogen-bond donors (Lipinski definition) is 0. The van der Waals surface area contributed by atoms with Gasteiger partial charge in [0.1, 0.15) is 0 Å². The van der Waals surface area contributed by atoms with Crippen LogP contribution in [0.4, 0.5) is 5.82 Å². The highest BCUT2D eigenvalue weighted by atomic mass is 35.5. The number of halogens is 1. The maximum absolute atomic E-state index is 6.01. The topological polar surface area (TPSA) is 29.0 Å². The largest absolute Gasteiger partial charge is 0.355 e. The van der Waals surface area contributed by atoms with Gasteiger partial charge in [-0.3, -0.25) is 0 Å². The Bertz CT molecular complexity index is 841. The van der Waals surface area contributed by atoms with E-state index in [-0.39, 0.29) is 0 Å². The van der Waals surface area contributed by atoms with E-state index in [1.54, 1.807) is 0 Å². The van der Waals surface area contributed by atoms with Gasteiger partial charge < -0.3 is 4.90 Å². The molecule has 3 nitrogen and oxygen atoms in total. The molecule has 1 aliphatic heterocycles. The van der Waals surface area contributed by atoms with Crippen molar-refractivity contribution in [2.75, 3.05) is 18.0 Å². The Labute approximate surface area is 153 Å². The van der Waals surface area contributed by atoms with E-state index >= 15 is 0 Å². The molecule has 0 radical (unpaired) electrons. The fourth-order valence-electron chi connectivity index (χ4n) is 3.32. The van der Waals surface area contributed by atoms with Gasteiger partial charge >= 0.3 is 0 Å². The number of hydrogen-bond acceptors (Lipinski definition) is 3. The lowest BCUT2D eigenvalue weighted by Crippen LogP contribution is -2.30.